The largest absolute Gasteiger partial charge is 1.00 e. The van der Waals surface area contributed by atoms with Crippen molar-refractivity contribution in [2.45, 2.75) is 64.4 Å². The Kier molecular flexibility index (Phi) is 7.52. The molecular weight excluding hydrogens is 339 g/mol. The molecular formula is C18H26Cl3O-. The molecule has 1 N–H and O–H groups in total. The van der Waals surface area contributed by atoms with E-state index in [9.17, 15) is 5.11 Å². The summed E-state index contributed by atoms with van der Waals surface area (Å²) in [5.74, 6) is 1.18. The van der Waals surface area contributed by atoms with Crippen molar-refractivity contribution >= 4 is 23.2 Å². The molecule has 1 fully saturated rings. The highest BCUT2D eigenvalue weighted by Gasteiger charge is 2.45. The van der Waals surface area contributed by atoms with Crippen LogP contribution in [0.2, 0.25) is 10.0 Å². The van der Waals surface area contributed by atoms with Crippen molar-refractivity contribution in [3.05, 3.63) is 33.8 Å². The van der Waals surface area contributed by atoms with Gasteiger partial charge in [0.15, 0.2) is 0 Å². The molecule has 0 heterocycles. The molecule has 1 aromatic carbocycles. The van der Waals surface area contributed by atoms with Gasteiger partial charge in [-0.3, -0.25) is 0 Å². The monoisotopic (exact) mass is 363 g/mol. The highest BCUT2D eigenvalue weighted by atomic mass is 35.5. The third kappa shape index (κ3) is 3.93. The van der Waals surface area contributed by atoms with Crippen LogP contribution < -0.4 is 12.4 Å². The molecule has 0 saturated heterocycles. The predicted molar refractivity (Wildman–Crippen MR) is 91.2 cm³/mol. The summed E-state index contributed by atoms with van der Waals surface area (Å²) in [6.45, 7) is 6.70. The maximum absolute atomic E-state index is 10.9. The summed E-state index contributed by atoms with van der Waals surface area (Å²) in [4.78, 5) is 0. The van der Waals surface area contributed by atoms with Crippen molar-refractivity contribution in [3.63, 3.8) is 0 Å². The number of benzene rings is 1. The van der Waals surface area contributed by atoms with E-state index < -0.39 is 0 Å². The third-order valence-electron chi connectivity index (χ3n) is 5.37. The lowest BCUT2D eigenvalue weighted by molar-refractivity contribution is -0.0000200. The minimum absolute atomic E-state index is 0. The van der Waals surface area contributed by atoms with E-state index in [-0.39, 0.29) is 23.9 Å². The Morgan fingerprint density at radius 1 is 1.18 bits per heavy atom. The van der Waals surface area contributed by atoms with Crippen LogP contribution >= 0.6 is 23.2 Å². The minimum Gasteiger partial charge on any atom is -1.00 e. The number of aliphatic hydroxyl groups is 1. The van der Waals surface area contributed by atoms with Crippen LogP contribution in [-0.2, 0) is 5.41 Å². The fraction of sp³-hybridized carbons (Fsp3) is 0.667. The van der Waals surface area contributed by atoms with Crippen molar-refractivity contribution in [2.24, 2.45) is 11.8 Å². The zero-order valence-corrected chi connectivity index (χ0v) is 15.8. The predicted octanol–water partition coefficient (Wildman–Crippen LogP) is 2.85. The third-order valence-corrected chi connectivity index (χ3v) is 6.11. The van der Waals surface area contributed by atoms with Crippen LogP contribution in [0.3, 0.4) is 0 Å². The molecule has 2 rings (SSSR count). The van der Waals surface area contributed by atoms with E-state index >= 15 is 0 Å². The Morgan fingerprint density at radius 2 is 1.82 bits per heavy atom. The molecule has 1 aromatic rings. The van der Waals surface area contributed by atoms with Crippen LogP contribution in [0.5, 0.6) is 0 Å². The van der Waals surface area contributed by atoms with Gasteiger partial charge >= 0.3 is 0 Å². The average molecular weight is 365 g/mol. The molecule has 2 atom stereocenters. The molecule has 1 aliphatic rings. The number of rotatable bonds is 6. The maximum atomic E-state index is 10.9. The van der Waals surface area contributed by atoms with Gasteiger partial charge < -0.3 is 17.5 Å². The van der Waals surface area contributed by atoms with E-state index in [2.05, 4.69) is 20.8 Å². The van der Waals surface area contributed by atoms with Crippen molar-refractivity contribution < 1.29 is 17.5 Å². The van der Waals surface area contributed by atoms with Crippen molar-refractivity contribution in [1.29, 1.82) is 0 Å². The van der Waals surface area contributed by atoms with Gasteiger partial charge in [-0.2, -0.15) is 0 Å². The lowest BCUT2D eigenvalue weighted by Crippen LogP contribution is -3.00. The Balaban J connectivity index is 0.00000242. The van der Waals surface area contributed by atoms with Gasteiger partial charge in [-0.15, -0.1) is 0 Å². The maximum Gasteiger partial charge on any atom is 0.0639 e. The van der Waals surface area contributed by atoms with Crippen molar-refractivity contribution in [2.75, 3.05) is 0 Å². The zero-order chi connectivity index (χ0) is 15.6. The summed E-state index contributed by atoms with van der Waals surface area (Å²) in [5, 5.41) is 12.1. The van der Waals surface area contributed by atoms with Gasteiger partial charge in [0.25, 0.3) is 0 Å². The van der Waals surface area contributed by atoms with Crippen LogP contribution in [0.1, 0.15) is 58.4 Å². The number of hydrogen-bond donors (Lipinski definition) is 1. The van der Waals surface area contributed by atoms with E-state index in [4.69, 9.17) is 23.2 Å². The summed E-state index contributed by atoms with van der Waals surface area (Å²) in [7, 11) is 0. The van der Waals surface area contributed by atoms with Crippen molar-refractivity contribution in [1.82, 2.24) is 0 Å². The highest BCUT2D eigenvalue weighted by Crippen LogP contribution is 2.49. The smallest absolute Gasteiger partial charge is 0.0639 e. The lowest BCUT2D eigenvalue weighted by atomic mass is 9.59. The Labute approximate surface area is 150 Å². The highest BCUT2D eigenvalue weighted by molar-refractivity contribution is 6.42. The molecule has 126 valence electrons. The molecule has 4 heteroatoms. The van der Waals surface area contributed by atoms with E-state index in [1.54, 1.807) is 0 Å². The van der Waals surface area contributed by atoms with E-state index in [1.807, 2.05) is 18.2 Å². The van der Waals surface area contributed by atoms with E-state index in [0.29, 0.717) is 21.9 Å². The first-order chi connectivity index (χ1) is 9.90. The molecule has 0 radical (unpaired) electrons. The van der Waals surface area contributed by atoms with Gasteiger partial charge in [-0.1, -0.05) is 62.9 Å². The number of hydrogen-bond acceptors (Lipinski definition) is 1. The molecule has 1 aliphatic carbocycles. The number of aliphatic hydroxyl groups excluding tert-OH is 1. The topological polar surface area (TPSA) is 20.2 Å². The molecule has 2 unspecified atom stereocenters. The van der Waals surface area contributed by atoms with Crippen LogP contribution in [0.4, 0.5) is 0 Å². The fourth-order valence-corrected chi connectivity index (χ4v) is 3.90. The van der Waals surface area contributed by atoms with Crippen LogP contribution in [0.25, 0.3) is 0 Å². The standard InChI is InChI=1S/C18H26Cl2O.ClH/c1-4-13(12(2)3)10-17(21)18(8-5-9-18)14-6-7-15(19)16(20)11-14;/h6-7,11-13,17,21H,4-5,8-10H2,1-3H3;1H/p-1. The molecule has 0 bridgehead atoms. The number of halogens is 3. The molecule has 0 amide bonds. The normalized spacial score (nSPS) is 19.2. The second-order valence-corrected chi connectivity index (χ2v) is 7.62. The van der Waals surface area contributed by atoms with Crippen LogP contribution in [0.15, 0.2) is 18.2 Å². The van der Waals surface area contributed by atoms with Gasteiger partial charge in [-0.05, 0) is 48.8 Å². The van der Waals surface area contributed by atoms with Gasteiger partial charge in [0.05, 0.1) is 16.1 Å². The summed E-state index contributed by atoms with van der Waals surface area (Å²) >= 11 is 12.2. The van der Waals surface area contributed by atoms with Gasteiger partial charge in [0.1, 0.15) is 0 Å². The van der Waals surface area contributed by atoms with Crippen molar-refractivity contribution in [3.8, 4) is 0 Å². The Morgan fingerprint density at radius 3 is 2.23 bits per heavy atom. The average Bonchev–Trinajstić information content (AvgIpc) is 2.38. The molecule has 0 spiro atoms. The second-order valence-electron chi connectivity index (χ2n) is 6.80. The lowest BCUT2D eigenvalue weighted by Gasteiger charge is -2.47. The summed E-state index contributed by atoms with van der Waals surface area (Å²) in [6, 6.07) is 5.83. The molecule has 1 saturated carbocycles. The summed E-state index contributed by atoms with van der Waals surface area (Å²) in [5.41, 5.74) is 1.03. The van der Waals surface area contributed by atoms with Gasteiger partial charge in [-0.25, -0.2) is 0 Å². The van der Waals surface area contributed by atoms with Gasteiger partial charge in [0, 0.05) is 5.41 Å². The second kappa shape index (κ2) is 8.24. The quantitative estimate of drug-likeness (QED) is 0.823. The minimum atomic E-state index is -0.296. The summed E-state index contributed by atoms with van der Waals surface area (Å²) < 4.78 is 0. The Hall–Kier alpha value is 0.0500. The SMILES string of the molecule is CCC(CC(O)C1(c2ccc(Cl)c(Cl)c2)CCC1)C(C)C.[Cl-]. The first-order valence-corrected chi connectivity index (χ1v) is 8.80. The van der Waals surface area contributed by atoms with Gasteiger partial charge in [0.2, 0.25) is 0 Å². The first-order valence-electron chi connectivity index (χ1n) is 8.04. The van der Waals surface area contributed by atoms with Crippen LogP contribution in [-0.4, -0.2) is 11.2 Å². The Bertz CT molecular complexity index is 483. The summed E-state index contributed by atoms with van der Waals surface area (Å²) in [6.07, 6.45) is 4.95. The zero-order valence-electron chi connectivity index (χ0n) is 13.6. The first kappa shape index (κ1) is 20.1. The molecule has 0 aliphatic heterocycles. The molecule has 22 heavy (non-hydrogen) atoms. The fourth-order valence-electron chi connectivity index (χ4n) is 3.60. The van der Waals surface area contributed by atoms with Crippen LogP contribution in [0, 0.1) is 11.8 Å². The molecule has 1 nitrogen and oxygen atoms in total. The van der Waals surface area contributed by atoms with E-state index in [1.165, 1.54) is 6.42 Å². The van der Waals surface area contributed by atoms with E-state index in [0.717, 1.165) is 31.2 Å². The molecule has 0 aromatic heterocycles.